The summed E-state index contributed by atoms with van der Waals surface area (Å²) >= 11 is 6.15. The Morgan fingerprint density at radius 1 is 1.10 bits per heavy atom. The van der Waals surface area contributed by atoms with Gasteiger partial charge in [-0.3, -0.25) is 0 Å². The summed E-state index contributed by atoms with van der Waals surface area (Å²) in [7, 11) is 0. The fourth-order valence-corrected chi connectivity index (χ4v) is 3.49. The number of hydrogen-bond donors (Lipinski definition) is 2. The third kappa shape index (κ3) is 2.30. The van der Waals surface area contributed by atoms with Gasteiger partial charge in [0.1, 0.15) is 0 Å². The van der Waals surface area contributed by atoms with Crippen molar-refractivity contribution >= 4 is 28.2 Å². The molecule has 1 atom stereocenters. The number of H-pyrrole nitrogens is 1. The highest BCUT2D eigenvalue weighted by atomic mass is 35.5. The molecule has 0 unspecified atom stereocenters. The summed E-state index contributed by atoms with van der Waals surface area (Å²) in [6, 6.07) is 16.9. The summed E-state index contributed by atoms with van der Waals surface area (Å²) in [5.41, 5.74) is 5.10. The molecular weight excluding hydrogens is 280 g/mol. The standard InChI is InChI=1S/C18H17ClN2/c19-12-9-10-16-15(11-12)14-7-4-8-17(18(14)21-16)20-13-5-2-1-3-6-13/h1-3,5-6,9-11,17,20-21H,4,7-8H2/t17-/m1/s1. The molecule has 1 aromatic heterocycles. The van der Waals surface area contributed by atoms with Crippen LogP contribution in [-0.2, 0) is 6.42 Å². The lowest BCUT2D eigenvalue weighted by Gasteiger charge is -2.24. The number of anilines is 1. The number of aromatic nitrogens is 1. The summed E-state index contributed by atoms with van der Waals surface area (Å²) < 4.78 is 0. The molecule has 0 bridgehead atoms. The van der Waals surface area contributed by atoms with Crippen molar-refractivity contribution < 1.29 is 0 Å². The van der Waals surface area contributed by atoms with Crippen molar-refractivity contribution in [2.45, 2.75) is 25.3 Å². The second kappa shape index (κ2) is 5.12. The molecule has 21 heavy (non-hydrogen) atoms. The smallest absolute Gasteiger partial charge is 0.0666 e. The van der Waals surface area contributed by atoms with E-state index < -0.39 is 0 Å². The molecule has 3 heteroatoms. The molecule has 4 rings (SSSR count). The number of aromatic amines is 1. The minimum absolute atomic E-state index is 0.349. The third-order valence-corrected chi connectivity index (χ3v) is 4.52. The first-order chi connectivity index (χ1) is 10.3. The van der Waals surface area contributed by atoms with Gasteiger partial charge in [0.25, 0.3) is 0 Å². The first-order valence-electron chi connectivity index (χ1n) is 7.43. The maximum atomic E-state index is 6.15. The van der Waals surface area contributed by atoms with E-state index in [0.717, 1.165) is 17.9 Å². The lowest BCUT2D eigenvalue weighted by atomic mass is 9.91. The monoisotopic (exact) mass is 296 g/mol. The second-order valence-electron chi connectivity index (χ2n) is 5.66. The zero-order valence-electron chi connectivity index (χ0n) is 11.7. The van der Waals surface area contributed by atoms with Crippen molar-refractivity contribution in [1.29, 1.82) is 0 Å². The highest BCUT2D eigenvalue weighted by Crippen LogP contribution is 2.37. The number of nitrogens with one attached hydrogen (secondary N) is 2. The molecule has 3 aromatic rings. The molecule has 0 radical (unpaired) electrons. The highest BCUT2D eigenvalue weighted by Gasteiger charge is 2.24. The molecular formula is C18H17ClN2. The molecule has 0 amide bonds. The van der Waals surface area contributed by atoms with Gasteiger partial charge in [0.15, 0.2) is 0 Å². The maximum absolute atomic E-state index is 6.15. The second-order valence-corrected chi connectivity index (χ2v) is 6.10. The van der Waals surface area contributed by atoms with Crippen LogP contribution in [0.3, 0.4) is 0 Å². The van der Waals surface area contributed by atoms with Crippen LogP contribution < -0.4 is 5.32 Å². The van der Waals surface area contributed by atoms with Crippen LogP contribution in [0.15, 0.2) is 48.5 Å². The van der Waals surface area contributed by atoms with E-state index in [1.165, 1.54) is 34.3 Å². The van der Waals surface area contributed by atoms with Gasteiger partial charge < -0.3 is 10.3 Å². The number of rotatable bonds is 2. The molecule has 0 saturated carbocycles. The molecule has 0 fully saturated rings. The van der Waals surface area contributed by atoms with Crippen molar-refractivity contribution in [3.63, 3.8) is 0 Å². The van der Waals surface area contributed by atoms with Gasteiger partial charge in [-0.25, -0.2) is 0 Å². The van der Waals surface area contributed by atoms with Crippen LogP contribution in [0, 0.1) is 0 Å². The van der Waals surface area contributed by atoms with E-state index in [9.17, 15) is 0 Å². The average molecular weight is 297 g/mol. The van der Waals surface area contributed by atoms with Crippen molar-refractivity contribution in [3.05, 3.63) is 64.8 Å². The fourth-order valence-electron chi connectivity index (χ4n) is 3.31. The van der Waals surface area contributed by atoms with E-state index in [1.54, 1.807) is 0 Å². The number of para-hydroxylation sites is 1. The van der Waals surface area contributed by atoms with Gasteiger partial charge in [-0.05, 0) is 55.2 Å². The van der Waals surface area contributed by atoms with E-state index in [1.807, 2.05) is 12.1 Å². The number of hydrogen-bond acceptors (Lipinski definition) is 1. The molecule has 0 spiro atoms. The van der Waals surface area contributed by atoms with Crippen molar-refractivity contribution in [2.75, 3.05) is 5.32 Å². The van der Waals surface area contributed by atoms with Crippen LogP contribution >= 0.6 is 11.6 Å². The van der Waals surface area contributed by atoms with Crippen molar-refractivity contribution in [2.24, 2.45) is 0 Å². The molecule has 1 aliphatic rings. The SMILES string of the molecule is Clc1ccc2[nH]c3c(c2c1)CCC[C@H]3Nc1ccccc1. The van der Waals surface area contributed by atoms with E-state index in [-0.39, 0.29) is 0 Å². The van der Waals surface area contributed by atoms with Crippen molar-refractivity contribution in [1.82, 2.24) is 4.98 Å². The van der Waals surface area contributed by atoms with Gasteiger partial charge in [0, 0.05) is 27.3 Å². The quantitative estimate of drug-likeness (QED) is 0.659. The summed E-state index contributed by atoms with van der Waals surface area (Å²) in [5.74, 6) is 0. The number of benzene rings is 2. The zero-order chi connectivity index (χ0) is 14.2. The van der Waals surface area contributed by atoms with Gasteiger partial charge in [-0.1, -0.05) is 29.8 Å². The summed E-state index contributed by atoms with van der Waals surface area (Å²) in [6.07, 6.45) is 3.49. The minimum atomic E-state index is 0.349. The van der Waals surface area contributed by atoms with Crippen LogP contribution in [0.25, 0.3) is 10.9 Å². The molecule has 0 aliphatic heterocycles. The van der Waals surface area contributed by atoms with E-state index >= 15 is 0 Å². The molecule has 1 heterocycles. The largest absolute Gasteiger partial charge is 0.377 e. The third-order valence-electron chi connectivity index (χ3n) is 4.28. The first-order valence-corrected chi connectivity index (χ1v) is 7.80. The maximum Gasteiger partial charge on any atom is 0.0666 e. The minimum Gasteiger partial charge on any atom is -0.377 e. The molecule has 1 aliphatic carbocycles. The Labute approximate surface area is 129 Å². The highest BCUT2D eigenvalue weighted by molar-refractivity contribution is 6.31. The van der Waals surface area contributed by atoms with E-state index in [2.05, 4.69) is 46.7 Å². The molecule has 2 nitrogen and oxygen atoms in total. The van der Waals surface area contributed by atoms with Gasteiger partial charge in [-0.2, -0.15) is 0 Å². The lowest BCUT2D eigenvalue weighted by molar-refractivity contribution is 0.593. The zero-order valence-corrected chi connectivity index (χ0v) is 12.5. The van der Waals surface area contributed by atoms with Gasteiger partial charge in [-0.15, -0.1) is 0 Å². The van der Waals surface area contributed by atoms with Gasteiger partial charge in [0.2, 0.25) is 0 Å². The Hall–Kier alpha value is -1.93. The predicted molar refractivity (Wildman–Crippen MR) is 89.1 cm³/mol. The van der Waals surface area contributed by atoms with Crippen LogP contribution in [0.5, 0.6) is 0 Å². The first kappa shape index (κ1) is 12.8. The Kier molecular flexibility index (Phi) is 3.12. The lowest BCUT2D eigenvalue weighted by Crippen LogP contribution is -2.17. The molecule has 2 N–H and O–H groups in total. The summed E-state index contributed by atoms with van der Waals surface area (Å²) in [5, 5.41) is 5.73. The Morgan fingerprint density at radius 2 is 1.95 bits per heavy atom. The van der Waals surface area contributed by atoms with E-state index in [0.29, 0.717) is 6.04 Å². The molecule has 106 valence electrons. The molecule has 0 saturated heterocycles. The van der Waals surface area contributed by atoms with Crippen LogP contribution in [0.1, 0.15) is 30.1 Å². The van der Waals surface area contributed by atoms with Crippen LogP contribution in [-0.4, -0.2) is 4.98 Å². The number of aryl methyl sites for hydroxylation is 1. The van der Waals surface area contributed by atoms with Crippen LogP contribution in [0.2, 0.25) is 5.02 Å². The normalized spacial score (nSPS) is 17.7. The Morgan fingerprint density at radius 3 is 2.81 bits per heavy atom. The topological polar surface area (TPSA) is 27.8 Å². The Balaban J connectivity index is 1.76. The summed E-state index contributed by atoms with van der Waals surface area (Å²) in [6.45, 7) is 0. The average Bonchev–Trinajstić information content (AvgIpc) is 2.88. The van der Waals surface area contributed by atoms with Gasteiger partial charge in [0.05, 0.1) is 6.04 Å². The van der Waals surface area contributed by atoms with E-state index in [4.69, 9.17) is 11.6 Å². The fraction of sp³-hybridized carbons (Fsp3) is 0.222. The van der Waals surface area contributed by atoms with Crippen LogP contribution in [0.4, 0.5) is 5.69 Å². The summed E-state index contributed by atoms with van der Waals surface area (Å²) in [4.78, 5) is 3.59. The Bertz CT molecular complexity index is 777. The predicted octanol–water partition coefficient (Wildman–Crippen LogP) is 5.31. The number of fused-ring (bicyclic) bond motifs is 3. The van der Waals surface area contributed by atoms with Gasteiger partial charge >= 0.3 is 0 Å². The number of halogens is 1. The molecule has 2 aromatic carbocycles. The van der Waals surface area contributed by atoms with Crippen molar-refractivity contribution in [3.8, 4) is 0 Å².